The van der Waals surface area contributed by atoms with Gasteiger partial charge in [0.2, 0.25) is 0 Å². The van der Waals surface area contributed by atoms with Crippen LogP contribution in [0.5, 0.6) is 0 Å². The van der Waals surface area contributed by atoms with E-state index in [0.717, 1.165) is 10.9 Å². The standard InChI is InChI=1S/C21H19Cl3N2O3/c22-21(23,24)20(28)26(14-15-7-2-1-3-8-15)12-6-11-25-17-13-19(27)29-18-10-5-4-9-16(17)18/h1-5,7-10,13,25H,6,11-12,14H2. The summed E-state index contributed by atoms with van der Waals surface area (Å²) in [6, 6.07) is 18.2. The van der Waals surface area contributed by atoms with Gasteiger partial charge in [0.25, 0.3) is 9.70 Å². The summed E-state index contributed by atoms with van der Waals surface area (Å²) in [6.45, 7) is 1.24. The first-order valence-electron chi connectivity index (χ1n) is 9.01. The average Bonchev–Trinajstić information content (AvgIpc) is 2.69. The molecule has 0 spiro atoms. The third kappa shape index (κ3) is 5.89. The van der Waals surface area contributed by atoms with E-state index in [4.69, 9.17) is 39.2 Å². The zero-order valence-corrected chi connectivity index (χ0v) is 17.7. The molecule has 0 saturated carbocycles. The van der Waals surface area contributed by atoms with E-state index in [-0.39, 0.29) is 0 Å². The number of para-hydroxylation sites is 1. The van der Waals surface area contributed by atoms with Gasteiger partial charge in [0, 0.05) is 31.1 Å². The van der Waals surface area contributed by atoms with Gasteiger partial charge < -0.3 is 14.6 Å². The molecule has 1 N–H and O–H groups in total. The summed E-state index contributed by atoms with van der Waals surface area (Å²) in [5.74, 6) is -0.572. The zero-order chi connectivity index (χ0) is 20.9. The van der Waals surface area contributed by atoms with E-state index in [1.165, 1.54) is 11.0 Å². The summed E-state index contributed by atoms with van der Waals surface area (Å²) in [4.78, 5) is 25.8. The molecule has 3 aromatic rings. The van der Waals surface area contributed by atoms with Crippen LogP contribution in [0, 0.1) is 0 Å². The lowest BCUT2D eigenvalue weighted by atomic mass is 10.2. The fraction of sp³-hybridized carbons (Fsp3) is 0.238. The fourth-order valence-corrected chi connectivity index (χ4v) is 3.34. The van der Waals surface area contributed by atoms with Crippen LogP contribution in [0.3, 0.4) is 0 Å². The molecule has 8 heteroatoms. The number of fused-ring (bicyclic) bond motifs is 1. The van der Waals surface area contributed by atoms with Crippen molar-refractivity contribution in [3.63, 3.8) is 0 Å². The van der Waals surface area contributed by atoms with Crippen LogP contribution in [-0.2, 0) is 11.3 Å². The van der Waals surface area contributed by atoms with Gasteiger partial charge in [-0.25, -0.2) is 4.79 Å². The number of carbonyl (C=O) groups is 1. The lowest BCUT2D eigenvalue weighted by molar-refractivity contribution is -0.130. The Morgan fingerprint density at radius 2 is 1.72 bits per heavy atom. The van der Waals surface area contributed by atoms with Gasteiger partial charge in [0.1, 0.15) is 5.58 Å². The van der Waals surface area contributed by atoms with Crippen molar-refractivity contribution in [2.75, 3.05) is 18.4 Å². The van der Waals surface area contributed by atoms with Crippen molar-refractivity contribution >= 4 is 57.4 Å². The minimum Gasteiger partial charge on any atom is -0.423 e. The second-order valence-corrected chi connectivity index (χ2v) is 8.75. The largest absolute Gasteiger partial charge is 0.423 e. The van der Waals surface area contributed by atoms with E-state index in [9.17, 15) is 9.59 Å². The summed E-state index contributed by atoms with van der Waals surface area (Å²) < 4.78 is 3.17. The van der Waals surface area contributed by atoms with E-state index in [1.807, 2.05) is 42.5 Å². The first kappa shape index (κ1) is 21.5. The van der Waals surface area contributed by atoms with Crippen LogP contribution in [0.15, 0.2) is 69.9 Å². The molecule has 1 aromatic heterocycles. The first-order chi connectivity index (χ1) is 13.8. The van der Waals surface area contributed by atoms with Crippen molar-refractivity contribution < 1.29 is 9.21 Å². The number of nitrogens with one attached hydrogen (secondary N) is 1. The van der Waals surface area contributed by atoms with Gasteiger partial charge >= 0.3 is 5.63 Å². The molecule has 5 nitrogen and oxygen atoms in total. The zero-order valence-electron chi connectivity index (χ0n) is 15.4. The van der Waals surface area contributed by atoms with Gasteiger partial charge in [-0.1, -0.05) is 77.3 Å². The Morgan fingerprint density at radius 3 is 2.45 bits per heavy atom. The Labute approximate surface area is 183 Å². The van der Waals surface area contributed by atoms with E-state index < -0.39 is 15.3 Å². The number of carbonyl (C=O) groups excluding carboxylic acids is 1. The molecule has 2 aromatic carbocycles. The number of alkyl halides is 3. The van der Waals surface area contributed by atoms with Gasteiger partial charge in [0.05, 0.1) is 5.69 Å². The number of amides is 1. The molecule has 0 fully saturated rings. The quantitative estimate of drug-likeness (QED) is 0.311. The van der Waals surface area contributed by atoms with Crippen molar-refractivity contribution in [1.82, 2.24) is 4.90 Å². The molecule has 3 rings (SSSR count). The number of benzene rings is 2. The number of hydrogen-bond acceptors (Lipinski definition) is 4. The molecular formula is C21H19Cl3N2O3. The highest BCUT2D eigenvalue weighted by Crippen LogP contribution is 2.29. The first-order valence-corrected chi connectivity index (χ1v) is 10.1. The van der Waals surface area contributed by atoms with Crippen LogP contribution in [0.25, 0.3) is 11.0 Å². The summed E-state index contributed by atoms with van der Waals surface area (Å²) in [7, 11) is 0. The normalized spacial score (nSPS) is 11.4. The van der Waals surface area contributed by atoms with E-state index in [1.54, 1.807) is 12.1 Å². The second kappa shape index (κ2) is 9.53. The molecule has 0 saturated heterocycles. The summed E-state index contributed by atoms with van der Waals surface area (Å²) in [6.07, 6.45) is 0.591. The van der Waals surface area contributed by atoms with Crippen LogP contribution in [0.4, 0.5) is 5.69 Å². The third-order valence-corrected chi connectivity index (χ3v) is 4.80. The molecule has 0 atom stereocenters. The molecule has 0 aliphatic heterocycles. The topological polar surface area (TPSA) is 62.6 Å². The number of halogens is 3. The van der Waals surface area contributed by atoms with Crippen molar-refractivity contribution in [1.29, 1.82) is 0 Å². The lowest BCUT2D eigenvalue weighted by Gasteiger charge is -2.26. The predicted octanol–water partition coefficient (Wildman–Crippen LogP) is 4.99. The number of nitrogens with zero attached hydrogens (tertiary/aromatic N) is 1. The Bertz CT molecular complexity index is 1030. The molecule has 0 aliphatic rings. The molecule has 1 amide bonds. The molecule has 152 valence electrons. The van der Waals surface area contributed by atoms with E-state index in [2.05, 4.69) is 5.32 Å². The number of hydrogen-bond donors (Lipinski definition) is 1. The van der Waals surface area contributed by atoms with Crippen LogP contribution in [0.1, 0.15) is 12.0 Å². The molecule has 0 radical (unpaired) electrons. The third-order valence-electron chi connectivity index (χ3n) is 4.32. The van der Waals surface area contributed by atoms with Crippen molar-refractivity contribution in [3.8, 4) is 0 Å². The Kier molecular flexibility index (Phi) is 7.06. The Hall–Kier alpha value is -2.21. The SMILES string of the molecule is O=C(N(CCCNc1cc(=O)oc2ccccc12)Cc1ccccc1)C(Cl)(Cl)Cl. The highest BCUT2D eigenvalue weighted by molar-refractivity contribution is 6.76. The molecule has 29 heavy (non-hydrogen) atoms. The predicted molar refractivity (Wildman–Crippen MR) is 118 cm³/mol. The maximum atomic E-state index is 12.5. The molecule has 0 unspecified atom stereocenters. The summed E-state index contributed by atoms with van der Waals surface area (Å²) >= 11 is 17.4. The Morgan fingerprint density at radius 1 is 1.03 bits per heavy atom. The van der Waals surface area contributed by atoms with Gasteiger partial charge in [-0.15, -0.1) is 0 Å². The minimum atomic E-state index is -2.02. The maximum absolute atomic E-state index is 12.5. The van der Waals surface area contributed by atoms with Crippen molar-refractivity contribution in [2.45, 2.75) is 16.8 Å². The Balaban J connectivity index is 1.66. The monoisotopic (exact) mass is 452 g/mol. The lowest BCUT2D eigenvalue weighted by Crippen LogP contribution is -2.40. The van der Waals surface area contributed by atoms with Gasteiger partial charge in [-0.3, -0.25) is 4.79 Å². The van der Waals surface area contributed by atoms with Crippen LogP contribution >= 0.6 is 34.8 Å². The van der Waals surface area contributed by atoms with Gasteiger partial charge in [-0.2, -0.15) is 0 Å². The summed E-state index contributed by atoms with van der Waals surface area (Å²) in [5.41, 5.74) is 1.71. The molecular weight excluding hydrogens is 435 g/mol. The fourth-order valence-electron chi connectivity index (χ4n) is 2.99. The van der Waals surface area contributed by atoms with Crippen LogP contribution in [0.2, 0.25) is 0 Å². The van der Waals surface area contributed by atoms with E-state index in [0.29, 0.717) is 37.3 Å². The van der Waals surface area contributed by atoms with Crippen molar-refractivity contribution in [3.05, 3.63) is 76.6 Å². The smallest absolute Gasteiger partial charge is 0.338 e. The van der Waals surface area contributed by atoms with Crippen LogP contribution in [-0.4, -0.2) is 27.7 Å². The second-order valence-electron chi connectivity index (χ2n) is 6.47. The number of rotatable bonds is 7. The summed E-state index contributed by atoms with van der Waals surface area (Å²) in [5, 5.41) is 4.04. The average molecular weight is 454 g/mol. The van der Waals surface area contributed by atoms with Gasteiger partial charge in [0.15, 0.2) is 0 Å². The van der Waals surface area contributed by atoms with Gasteiger partial charge in [-0.05, 0) is 24.1 Å². The maximum Gasteiger partial charge on any atom is 0.338 e. The van der Waals surface area contributed by atoms with Crippen LogP contribution < -0.4 is 10.9 Å². The van der Waals surface area contributed by atoms with Crippen molar-refractivity contribution in [2.24, 2.45) is 0 Å². The number of anilines is 1. The molecule has 0 aliphatic carbocycles. The molecule has 1 heterocycles. The van der Waals surface area contributed by atoms with E-state index >= 15 is 0 Å². The minimum absolute atomic E-state index is 0.339. The highest BCUT2D eigenvalue weighted by atomic mass is 35.6. The highest BCUT2D eigenvalue weighted by Gasteiger charge is 2.34. The molecule has 0 bridgehead atoms.